The molecule has 1 aromatic rings. The summed E-state index contributed by atoms with van der Waals surface area (Å²) in [7, 11) is 0. The number of aryl methyl sites for hydroxylation is 1. The third kappa shape index (κ3) is 3.13. The Morgan fingerprint density at radius 1 is 1.36 bits per heavy atom. The van der Waals surface area contributed by atoms with Crippen LogP contribution in [-0.4, -0.2) is 12.6 Å². The molecule has 3 N–H and O–H groups in total. The lowest BCUT2D eigenvalue weighted by molar-refractivity contribution is 0.485. The number of hydrogen-bond acceptors (Lipinski definition) is 2. The number of nitrogens with one attached hydrogen (secondary N) is 1. The van der Waals surface area contributed by atoms with Crippen molar-refractivity contribution in [1.29, 1.82) is 0 Å². The molecule has 1 rings (SSSR count). The first kappa shape index (κ1) is 11.2. The van der Waals surface area contributed by atoms with Gasteiger partial charge >= 0.3 is 0 Å². The highest BCUT2D eigenvalue weighted by atomic mass is 15.0. The van der Waals surface area contributed by atoms with Gasteiger partial charge in [-0.3, -0.25) is 0 Å². The van der Waals surface area contributed by atoms with E-state index in [1.54, 1.807) is 0 Å². The fourth-order valence-electron chi connectivity index (χ4n) is 1.53. The minimum atomic E-state index is 0.366. The second-order valence-electron chi connectivity index (χ2n) is 3.94. The molecule has 0 fully saturated rings. The summed E-state index contributed by atoms with van der Waals surface area (Å²) >= 11 is 0. The molecule has 1 unspecified atom stereocenters. The van der Waals surface area contributed by atoms with Gasteiger partial charge in [0.2, 0.25) is 0 Å². The van der Waals surface area contributed by atoms with Gasteiger partial charge in [-0.1, -0.05) is 29.8 Å². The zero-order chi connectivity index (χ0) is 10.6. The van der Waals surface area contributed by atoms with Gasteiger partial charge in [0.15, 0.2) is 0 Å². The van der Waals surface area contributed by atoms with Gasteiger partial charge in [-0.05, 0) is 26.3 Å². The van der Waals surface area contributed by atoms with Gasteiger partial charge in [-0.15, -0.1) is 0 Å². The van der Waals surface area contributed by atoms with E-state index in [0.29, 0.717) is 18.6 Å². The van der Waals surface area contributed by atoms with E-state index in [-0.39, 0.29) is 0 Å². The highest BCUT2D eigenvalue weighted by Crippen LogP contribution is 2.13. The SMILES string of the molecule is Cc1cccc([C@@H](C)NC(C)CN)c1. The summed E-state index contributed by atoms with van der Waals surface area (Å²) < 4.78 is 0. The first-order valence-corrected chi connectivity index (χ1v) is 5.16. The van der Waals surface area contributed by atoms with Crippen molar-refractivity contribution >= 4 is 0 Å². The smallest absolute Gasteiger partial charge is 0.0294 e. The molecule has 14 heavy (non-hydrogen) atoms. The van der Waals surface area contributed by atoms with Crippen LogP contribution in [0.5, 0.6) is 0 Å². The molecule has 78 valence electrons. The van der Waals surface area contributed by atoms with Crippen molar-refractivity contribution in [3.8, 4) is 0 Å². The van der Waals surface area contributed by atoms with E-state index in [0.717, 1.165) is 0 Å². The minimum absolute atomic E-state index is 0.366. The lowest BCUT2D eigenvalue weighted by Crippen LogP contribution is -2.35. The van der Waals surface area contributed by atoms with E-state index in [1.165, 1.54) is 11.1 Å². The van der Waals surface area contributed by atoms with E-state index in [1.807, 2.05) is 0 Å². The van der Waals surface area contributed by atoms with Crippen LogP contribution >= 0.6 is 0 Å². The zero-order valence-electron chi connectivity index (χ0n) is 9.25. The molecule has 0 radical (unpaired) electrons. The first-order chi connectivity index (χ1) is 6.63. The highest BCUT2D eigenvalue weighted by Gasteiger charge is 2.07. The Morgan fingerprint density at radius 3 is 2.64 bits per heavy atom. The lowest BCUT2D eigenvalue weighted by Gasteiger charge is -2.19. The summed E-state index contributed by atoms with van der Waals surface area (Å²) in [6.07, 6.45) is 0. The summed E-state index contributed by atoms with van der Waals surface area (Å²) in [6.45, 7) is 7.06. The van der Waals surface area contributed by atoms with Gasteiger partial charge in [0.25, 0.3) is 0 Å². The Bertz CT molecular complexity index is 283. The molecule has 0 heterocycles. The van der Waals surface area contributed by atoms with Crippen LogP contribution in [0.2, 0.25) is 0 Å². The second kappa shape index (κ2) is 5.13. The van der Waals surface area contributed by atoms with Gasteiger partial charge < -0.3 is 11.1 Å². The van der Waals surface area contributed by atoms with Crippen LogP contribution in [0.4, 0.5) is 0 Å². The molecule has 0 saturated heterocycles. The first-order valence-electron chi connectivity index (χ1n) is 5.16. The standard InChI is InChI=1S/C12H20N2/c1-9-5-4-6-12(7-9)11(3)14-10(2)8-13/h4-7,10-11,14H,8,13H2,1-3H3/t10?,11-/m1/s1. The molecule has 2 atom stereocenters. The largest absolute Gasteiger partial charge is 0.329 e. The minimum Gasteiger partial charge on any atom is -0.329 e. The summed E-state index contributed by atoms with van der Waals surface area (Å²) in [4.78, 5) is 0. The molecule has 0 saturated carbocycles. The van der Waals surface area contributed by atoms with Crippen LogP contribution in [0.25, 0.3) is 0 Å². The predicted octanol–water partition coefficient (Wildman–Crippen LogP) is 1.99. The molecule has 0 bridgehead atoms. The van der Waals surface area contributed by atoms with E-state index >= 15 is 0 Å². The van der Waals surface area contributed by atoms with Crippen LogP contribution in [0.3, 0.4) is 0 Å². The Labute approximate surface area is 86.5 Å². The maximum absolute atomic E-state index is 5.57. The predicted molar refractivity (Wildman–Crippen MR) is 61.2 cm³/mol. The lowest BCUT2D eigenvalue weighted by atomic mass is 10.1. The van der Waals surface area contributed by atoms with Crippen molar-refractivity contribution in [2.75, 3.05) is 6.54 Å². The average molecular weight is 192 g/mol. The third-order valence-corrected chi connectivity index (χ3v) is 2.43. The van der Waals surface area contributed by atoms with E-state index in [2.05, 4.69) is 50.4 Å². The number of benzene rings is 1. The molecule has 1 aromatic carbocycles. The zero-order valence-corrected chi connectivity index (χ0v) is 9.25. The van der Waals surface area contributed by atoms with E-state index < -0.39 is 0 Å². The quantitative estimate of drug-likeness (QED) is 0.765. The Hall–Kier alpha value is -0.860. The molecular formula is C12H20N2. The van der Waals surface area contributed by atoms with Crippen LogP contribution < -0.4 is 11.1 Å². The van der Waals surface area contributed by atoms with Gasteiger partial charge in [0.1, 0.15) is 0 Å². The molecule has 2 nitrogen and oxygen atoms in total. The Morgan fingerprint density at radius 2 is 2.07 bits per heavy atom. The van der Waals surface area contributed by atoms with Crippen molar-refractivity contribution in [2.45, 2.75) is 32.9 Å². The molecule has 0 spiro atoms. The summed E-state index contributed by atoms with van der Waals surface area (Å²) in [5, 5.41) is 3.45. The highest BCUT2D eigenvalue weighted by molar-refractivity contribution is 5.24. The van der Waals surface area contributed by atoms with Gasteiger partial charge in [0, 0.05) is 18.6 Å². The fourth-order valence-corrected chi connectivity index (χ4v) is 1.53. The van der Waals surface area contributed by atoms with Crippen molar-refractivity contribution in [3.05, 3.63) is 35.4 Å². The molecule has 0 amide bonds. The third-order valence-electron chi connectivity index (χ3n) is 2.43. The van der Waals surface area contributed by atoms with Crippen LogP contribution in [0.1, 0.15) is 31.0 Å². The summed E-state index contributed by atoms with van der Waals surface area (Å²) in [6, 6.07) is 9.30. The van der Waals surface area contributed by atoms with Crippen molar-refractivity contribution in [1.82, 2.24) is 5.32 Å². The molecular weight excluding hydrogens is 172 g/mol. The molecule has 0 aromatic heterocycles. The van der Waals surface area contributed by atoms with Crippen molar-refractivity contribution in [2.24, 2.45) is 5.73 Å². The van der Waals surface area contributed by atoms with Crippen molar-refractivity contribution in [3.63, 3.8) is 0 Å². The molecule has 2 heteroatoms. The molecule has 0 aliphatic rings. The average Bonchev–Trinajstić information content (AvgIpc) is 2.17. The van der Waals surface area contributed by atoms with E-state index in [9.17, 15) is 0 Å². The van der Waals surface area contributed by atoms with Crippen LogP contribution in [-0.2, 0) is 0 Å². The molecule has 0 aliphatic heterocycles. The summed E-state index contributed by atoms with van der Waals surface area (Å²) in [5.74, 6) is 0. The van der Waals surface area contributed by atoms with Gasteiger partial charge in [-0.2, -0.15) is 0 Å². The van der Waals surface area contributed by atoms with Crippen LogP contribution in [0.15, 0.2) is 24.3 Å². The van der Waals surface area contributed by atoms with Gasteiger partial charge in [0.05, 0.1) is 0 Å². The number of nitrogens with two attached hydrogens (primary N) is 1. The van der Waals surface area contributed by atoms with Gasteiger partial charge in [-0.25, -0.2) is 0 Å². The maximum atomic E-state index is 5.57. The van der Waals surface area contributed by atoms with Crippen molar-refractivity contribution < 1.29 is 0 Å². The number of hydrogen-bond donors (Lipinski definition) is 2. The fraction of sp³-hybridized carbons (Fsp3) is 0.500. The number of rotatable bonds is 4. The normalized spacial score (nSPS) is 15.1. The Balaban J connectivity index is 2.64. The monoisotopic (exact) mass is 192 g/mol. The molecule has 0 aliphatic carbocycles. The van der Waals surface area contributed by atoms with Crippen LogP contribution in [0, 0.1) is 6.92 Å². The maximum Gasteiger partial charge on any atom is 0.0294 e. The topological polar surface area (TPSA) is 38.0 Å². The Kier molecular flexibility index (Phi) is 4.11. The second-order valence-corrected chi connectivity index (χ2v) is 3.94. The summed E-state index contributed by atoms with van der Waals surface area (Å²) in [5.41, 5.74) is 8.19. The van der Waals surface area contributed by atoms with E-state index in [4.69, 9.17) is 5.73 Å².